The third-order valence-electron chi connectivity index (χ3n) is 4.97. The van der Waals surface area contributed by atoms with Crippen molar-refractivity contribution in [1.82, 2.24) is 10.1 Å². The highest BCUT2D eigenvalue weighted by atomic mass is 19.1. The summed E-state index contributed by atoms with van der Waals surface area (Å²) in [5.41, 5.74) is 1.97. The number of likely N-dealkylation sites (tertiary alicyclic amines) is 1. The van der Waals surface area contributed by atoms with E-state index in [0.717, 1.165) is 24.1 Å². The number of carbonyl (C=O) groups excluding carboxylic acids is 1. The van der Waals surface area contributed by atoms with Gasteiger partial charge in [0, 0.05) is 12.1 Å². The molecule has 0 radical (unpaired) electrons. The van der Waals surface area contributed by atoms with Crippen molar-refractivity contribution in [2.75, 3.05) is 11.9 Å². The molecule has 6 heteroatoms. The molecule has 0 aliphatic carbocycles. The molecular weight excluding hydrogens is 321 g/mol. The van der Waals surface area contributed by atoms with Gasteiger partial charge in [-0.25, -0.2) is 9.18 Å². The maximum Gasteiger partial charge on any atom is 0.322 e. The van der Waals surface area contributed by atoms with Crippen LogP contribution in [0.15, 0.2) is 28.8 Å². The highest BCUT2D eigenvalue weighted by Crippen LogP contribution is 2.33. The molecule has 1 N–H and O–H groups in total. The number of carbonyl (C=O) groups is 1. The maximum atomic E-state index is 13.5. The lowest BCUT2D eigenvalue weighted by Gasteiger charge is -2.35. The topological polar surface area (TPSA) is 58.4 Å². The summed E-state index contributed by atoms with van der Waals surface area (Å²) in [4.78, 5) is 14.7. The lowest BCUT2D eigenvalue weighted by molar-refractivity contribution is 0.167. The number of nitrogens with zero attached hydrogens (tertiary/aromatic N) is 2. The van der Waals surface area contributed by atoms with E-state index in [9.17, 15) is 9.18 Å². The molecule has 1 aliphatic heterocycles. The van der Waals surface area contributed by atoms with Crippen molar-refractivity contribution in [3.63, 3.8) is 0 Å². The highest BCUT2D eigenvalue weighted by molar-refractivity contribution is 5.91. The van der Waals surface area contributed by atoms with Gasteiger partial charge in [0.1, 0.15) is 17.2 Å². The van der Waals surface area contributed by atoms with E-state index < -0.39 is 0 Å². The van der Waals surface area contributed by atoms with E-state index in [0.29, 0.717) is 30.8 Å². The lowest BCUT2D eigenvalue weighted by Crippen LogP contribution is -2.48. The molecule has 2 heterocycles. The Hall–Kier alpha value is -2.37. The van der Waals surface area contributed by atoms with Crippen molar-refractivity contribution >= 4 is 11.7 Å². The summed E-state index contributed by atoms with van der Waals surface area (Å²) in [6.45, 7) is 6.50. The van der Waals surface area contributed by atoms with Crippen LogP contribution in [-0.2, 0) is 12.8 Å². The molecule has 1 aliphatic rings. The van der Waals surface area contributed by atoms with Gasteiger partial charge < -0.3 is 14.7 Å². The van der Waals surface area contributed by atoms with Crippen LogP contribution in [0.25, 0.3) is 0 Å². The van der Waals surface area contributed by atoms with Crippen molar-refractivity contribution in [1.29, 1.82) is 0 Å². The summed E-state index contributed by atoms with van der Waals surface area (Å²) in [7, 11) is 0. The third kappa shape index (κ3) is 3.52. The second-order valence-electron chi connectivity index (χ2n) is 6.90. The minimum absolute atomic E-state index is 0.155. The highest BCUT2D eigenvalue weighted by Gasteiger charge is 2.40. The number of aryl methyl sites for hydroxylation is 2. The Morgan fingerprint density at radius 3 is 3.00 bits per heavy atom. The van der Waals surface area contributed by atoms with E-state index in [4.69, 9.17) is 4.52 Å². The van der Waals surface area contributed by atoms with Gasteiger partial charge >= 0.3 is 6.03 Å². The molecule has 2 aromatic rings. The van der Waals surface area contributed by atoms with Crippen molar-refractivity contribution in [2.45, 2.75) is 52.0 Å². The molecule has 1 fully saturated rings. The number of nitrogens with one attached hydrogen (secondary N) is 1. The fraction of sp³-hybridized carbons (Fsp3) is 0.474. The van der Waals surface area contributed by atoms with Crippen LogP contribution in [0.2, 0.25) is 0 Å². The molecule has 5 nitrogen and oxygen atoms in total. The average Bonchev–Trinajstić information content (AvgIpc) is 3.11. The summed E-state index contributed by atoms with van der Waals surface area (Å²) in [6, 6.07) is 6.44. The van der Waals surface area contributed by atoms with Crippen LogP contribution in [0.5, 0.6) is 0 Å². The van der Waals surface area contributed by atoms with Crippen molar-refractivity contribution in [3.8, 4) is 0 Å². The Bertz CT molecular complexity index is 774. The summed E-state index contributed by atoms with van der Waals surface area (Å²) >= 11 is 0. The molecule has 1 aromatic heterocycles. The number of urea groups is 1. The molecule has 0 saturated carbocycles. The first-order valence-corrected chi connectivity index (χ1v) is 8.71. The Morgan fingerprint density at radius 2 is 2.28 bits per heavy atom. The van der Waals surface area contributed by atoms with Gasteiger partial charge in [-0.05, 0) is 57.2 Å². The van der Waals surface area contributed by atoms with E-state index in [1.54, 1.807) is 19.1 Å². The van der Waals surface area contributed by atoms with Crippen LogP contribution in [-0.4, -0.2) is 28.2 Å². The van der Waals surface area contributed by atoms with Gasteiger partial charge in [-0.3, -0.25) is 0 Å². The second kappa shape index (κ2) is 6.86. The fourth-order valence-corrected chi connectivity index (χ4v) is 3.63. The van der Waals surface area contributed by atoms with Crippen molar-refractivity contribution < 1.29 is 13.7 Å². The standard InChI is InChI=1S/C19H24FN3O2/c1-4-16-17(13(2)25-22-16)21-18(24)23-10-6-9-19(23,3)12-14-7-5-8-15(20)11-14/h5,7-8,11H,4,6,9-10,12H2,1-3H3,(H,21,24)/t19-/m1/s1. The Balaban J connectivity index is 1.78. The molecule has 1 saturated heterocycles. The largest absolute Gasteiger partial charge is 0.359 e. The zero-order chi connectivity index (χ0) is 18.0. The normalized spacial score (nSPS) is 20.1. The number of anilines is 1. The summed E-state index contributed by atoms with van der Waals surface area (Å²) < 4.78 is 18.7. The lowest BCUT2D eigenvalue weighted by atomic mass is 9.90. The van der Waals surface area contributed by atoms with E-state index in [-0.39, 0.29) is 17.4 Å². The van der Waals surface area contributed by atoms with Crippen LogP contribution in [0.3, 0.4) is 0 Å². The number of halogens is 1. The van der Waals surface area contributed by atoms with Crippen LogP contribution >= 0.6 is 0 Å². The van der Waals surface area contributed by atoms with Crippen LogP contribution in [0.4, 0.5) is 14.9 Å². The van der Waals surface area contributed by atoms with Gasteiger partial charge in [-0.1, -0.05) is 24.2 Å². The molecular formula is C19H24FN3O2. The number of aromatic nitrogens is 1. The maximum absolute atomic E-state index is 13.5. The molecule has 1 aromatic carbocycles. The molecule has 0 bridgehead atoms. The predicted molar refractivity (Wildman–Crippen MR) is 94.1 cm³/mol. The molecule has 0 spiro atoms. The van der Waals surface area contributed by atoms with Crippen LogP contribution in [0.1, 0.15) is 43.7 Å². The molecule has 134 valence electrons. The number of hydrogen-bond acceptors (Lipinski definition) is 3. The summed E-state index contributed by atoms with van der Waals surface area (Å²) in [5.74, 6) is 0.360. The average molecular weight is 345 g/mol. The molecule has 0 unspecified atom stereocenters. The molecule has 2 amide bonds. The first-order valence-electron chi connectivity index (χ1n) is 8.71. The first kappa shape index (κ1) is 17.5. The monoisotopic (exact) mass is 345 g/mol. The minimum atomic E-state index is -0.338. The number of hydrogen-bond donors (Lipinski definition) is 1. The van der Waals surface area contributed by atoms with E-state index in [1.165, 1.54) is 6.07 Å². The summed E-state index contributed by atoms with van der Waals surface area (Å²) in [5, 5.41) is 6.94. The van der Waals surface area contributed by atoms with Crippen molar-refractivity contribution in [2.24, 2.45) is 0 Å². The second-order valence-corrected chi connectivity index (χ2v) is 6.90. The minimum Gasteiger partial charge on any atom is -0.359 e. The van der Waals surface area contributed by atoms with E-state index >= 15 is 0 Å². The number of amides is 2. The molecule has 1 atom stereocenters. The van der Waals surface area contributed by atoms with Crippen LogP contribution < -0.4 is 5.32 Å². The van der Waals surface area contributed by atoms with E-state index in [2.05, 4.69) is 17.4 Å². The molecule has 25 heavy (non-hydrogen) atoms. The first-order chi connectivity index (χ1) is 11.9. The Labute approximate surface area is 147 Å². The Kier molecular flexibility index (Phi) is 4.79. The van der Waals surface area contributed by atoms with Gasteiger partial charge in [-0.2, -0.15) is 0 Å². The number of benzene rings is 1. The van der Waals surface area contributed by atoms with E-state index in [1.807, 2.05) is 17.9 Å². The van der Waals surface area contributed by atoms with Crippen LogP contribution in [0, 0.1) is 12.7 Å². The Morgan fingerprint density at radius 1 is 1.48 bits per heavy atom. The smallest absolute Gasteiger partial charge is 0.322 e. The fourth-order valence-electron chi connectivity index (χ4n) is 3.63. The zero-order valence-electron chi connectivity index (χ0n) is 14.9. The summed E-state index contributed by atoms with van der Waals surface area (Å²) in [6.07, 6.45) is 3.14. The quantitative estimate of drug-likeness (QED) is 0.898. The number of rotatable bonds is 4. The van der Waals surface area contributed by atoms with Gasteiger partial charge in [0.25, 0.3) is 0 Å². The van der Waals surface area contributed by atoms with Gasteiger partial charge in [0.15, 0.2) is 5.76 Å². The van der Waals surface area contributed by atoms with Gasteiger partial charge in [0.05, 0.1) is 0 Å². The predicted octanol–water partition coefficient (Wildman–Crippen LogP) is 4.31. The van der Waals surface area contributed by atoms with Gasteiger partial charge in [0.2, 0.25) is 0 Å². The molecule has 3 rings (SSSR count). The van der Waals surface area contributed by atoms with Gasteiger partial charge in [-0.15, -0.1) is 0 Å². The third-order valence-corrected chi connectivity index (χ3v) is 4.97. The SMILES string of the molecule is CCc1noc(C)c1NC(=O)N1CCC[C@]1(C)Cc1cccc(F)c1. The zero-order valence-corrected chi connectivity index (χ0v) is 14.9. The van der Waals surface area contributed by atoms with Crippen molar-refractivity contribution in [3.05, 3.63) is 47.1 Å².